The van der Waals surface area contributed by atoms with E-state index in [1.807, 2.05) is 0 Å². The number of rotatable bonds is 2. The summed E-state index contributed by atoms with van der Waals surface area (Å²) < 4.78 is 26.6. The van der Waals surface area contributed by atoms with Crippen LogP contribution in [0.1, 0.15) is 10.4 Å². The van der Waals surface area contributed by atoms with Gasteiger partial charge in [-0.15, -0.1) is 0 Å². The molecule has 1 aromatic carbocycles. The topological polar surface area (TPSA) is 68.0 Å². The molecular formula is C12H7BrClF2N3O. The molecule has 0 atom stereocenters. The monoisotopic (exact) mass is 361 g/mol. The first kappa shape index (κ1) is 14.7. The summed E-state index contributed by atoms with van der Waals surface area (Å²) in [4.78, 5) is 15.6. The van der Waals surface area contributed by atoms with Crippen LogP contribution in [0.5, 0.6) is 0 Å². The molecule has 0 radical (unpaired) electrons. The predicted octanol–water partition coefficient (Wildman–Crippen LogP) is 3.61. The maximum Gasteiger partial charge on any atom is 0.257 e. The lowest BCUT2D eigenvalue weighted by Crippen LogP contribution is -2.14. The molecule has 8 heteroatoms. The smallest absolute Gasteiger partial charge is 0.257 e. The number of benzene rings is 1. The number of nitrogens with zero attached hydrogens (tertiary/aromatic N) is 1. The van der Waals surface area contributed by atoms with Gasteiger partial charge in [0, 0.05) is 12.3 Å². The standard InChI is InChI=1S/C12H7BrClF2N3O/c13-6-2-10(9(16)3-8(6)15)19-12(20)5-1-7(14)11(17)18-4-5/h1-4H,(H2,17,18)(H,19,20). The number of nitrogens with one attached hydrogen (secondary N) is 1. The molecule has 1 heterocycles. The second kappa shape index (κ2) is 5.72. The van der Waals surface area contributed by atoms with Crippen LogP contribution in [-0.2, 0) is 0 Å². The van der Waals surface area contributed by atoms with Crippen LogP contribution in [0.15, 0.2) is 28.9 Å². The molecule has 0 aliphatic heterocycles. The lowest BCUT2D eigenvalue weighted by Gasteiger charge is -2.08. The first-order valence-corrected chi connectivity index (χ1v) is 6.42. The Balaban J connectivity index is 2.27. The third kappa shape index (κ3) is 3.05. The summed E-state index contributed by atoms with van der Waals surface area (Å²) in [6, 6.07) is 3.08. The third-order valence-corrected chi connectivity index (χ3v) is 3.30. The predicted molar refractivity (Wildman–Crippen MR) is 75.7 cm³/mol. The van der Waals surface area contributed by atoms with Crippen molar-refractivity contribution in [3.8, 4) is 0 Å². The van der Waals surface area contributed by atoms with Crippen molar-refractivity contribution < 1.29 is 13.6 Å². The Kier molecular flexibility index (Phi) is 4.20. The van der Waals surface area contributed by atoms with Crippen LogP contribution in [0.3, 0.4) is 0 Å². The largest absolute Gasteiger partial charge is 0.382 e. The Hall–Kier alpha value is -1.73. The average Bonchev–Trinajstić information content (AvgIpc) is 2.39. The Morgan fingerprint density at radius 1 is 1.30 bits per heavy atom. The Morgan fingerprint density at radius 3 is 2.65 bits per heavy atom. The highest BCUT2D eigenvalue weighted by Gasteiger charge is 2.13. The van der Waals surface area contributed by atoms with Gasteiger partial charge in [0.25, 0.3) is 5.91 Å². The van der Waals surface area contributed by atoms with Crippen molar-refractivity contribution in [3.05, 3.63) is 51.1 Å². The first-order valence-electron chi connectivity index (χ1n) is 5.25. The minimum absolute atomic E-state index is 0.0302. The van der Waals surface area contributed by atoms with Crippen LogP contribution in [-0.4, -0.2) is 10.9 Å². The average molecular weight is 363 g/mol. The fourth-order valence-corrected chi connectivity index (χ4v) is 1.90. The van der Waals surface area contributed by atoms with Gasteiger partial charge in [0.1, 0.15) is 17.5 Å². The number of carbonyl (C=O) groups excluding carboxylic acids is 1. The number of anilines is 2. The maximum atomic E-state index is 13.5. The van der Waals surface area contributed by atoms with Gasteiger partial charge in [0.05, 0.1) is 20.7 Å². The number of hydrogen-bond donors (Lipinski definition) is 2. The molecule has 0 unspecified atom stereocenters. The van der Waals surface area contributed by atoms with E-state index in [0.717, 1.165) is 6.07 Å². The van der Waals surface area contributed by atoms with Gasteiger partial charge in [0.15, 0.2) is 0 Å². The highest BCUT2D eigenvalue weighted by Crippen LogP contribution is 2.24. The van der Waals surface area contributed by atoms with Gasteiger partial charge in [0.2, 0.25) is 0 Å². The minimum atomic E-state index is -0.895. The van der Waals surface area contributed by atoms with E-state index >= 15 is 0 Å². The highest BCUT2D eigenvalue weighted by atomic mass is 79.9. The molecule has 0 saturated carbocycles. The van der Waals surface area contributed by atoms with E-state index in [1.54, 1.807) is 0 Å². The van der Waals surface area contributed by atoms with Crippen LogP contribution in [0.2, 0.25) is 5.02 Å². The van der Waals surface area contributed by atoms with Gasteiger partial charge in [-0.2, -0.15) is 0 Å². The van der Waals surface area contributed by atoms with Crippen molar-refractivity contribution in [2.24, 2.45) is 0 Å². The van der Waals surface area contributed by atoms with Gasteiger partial charge < -0.3 is 11.1 Å². The van der Waals surface area contributed by atoms with E-state index in [-0.39, 0.29) is 26.6 Å². The van der Waals surface area contributed by atoms with Gasteiger partial charge in [-0.25, -0.2) is 13.8 Å². The van der Waals surface area contributed by atoms with Crippen molar-refractivity contribution in [2.75, 3.05) is 11.1 Å². The van der Waals surface area contributed by atoms with Gasteiger partial charge in [-0.3, -0.25) is 4.79 Å². The first-order chi connectivity index (χ1) is 9.38. The fraction of sp³-hybridized carbons (Fsp3) is 0. The number of nitrogen functional groups attached to an aromatic ring is 1. The maximum absolute atomic E-state index is 13.5. The summed E-state index contributed by atoms with van der Waals surface area (Å²) in [5.41, 5.74) is 5.35. The van der Waals surface area contributed by atoms with E-state index in [4.69, 9.17) is 17.3 Å². The molecule has 0 spiro atoms. The van der Waals surface area contributed by atoms with E-state index in [2.05, 4.69) is 26.2 Å². The Labute approximate surface area is 126 Å². The normalized spacial score (nSPS) is 10.4. The van der Waals surface area contributed by atoms with E-state index < -0.39 is 17.5 Å². The third-order valence-electron chi connectivity index (χ3n) is 2.39. The number of aromatic nitrogens is 1. The SMILES string of the molecule is Nc1ncc(C(=O)Nc2cc(Br)c(F)cc2F)cc1Cl. The molecule has 104 valence electrons. The van der Waals surface area contributed by atoms with Crippen LogP contribution < -0.4 is 11.1 Å². The lowest BCUT2D eigenvalue weighted by molar-refractivity contribution is 0.102. The van der Waals surface area contributed by atoms with Gasteiger partial charge in [-0.1, -0.05) is 11.6 Å². The van der Waals surface area contributed by atoms with Gasteiger partial charge >= 0.3 is 0 Å². The zero-order valence-corrected chi connectivity index (χ0v) is 12.1. The quantitative estimate of drug-likeness (QED) is 0.802. The van der Waals surface area contributed by atoms with Crippen molar-refractivity contribution >= 4 is 44.9 Å². The summed E-state index contributed by atoms with van der Waals surface area (Å²) in [5.74, 6) is -2.22. The molecule has 0 fully saturated rings. The second-order valence-corrected chi connectivity index (χ2v) is 5.05. The second-order valence-electron chi connectivity index (χ2n) is 3.79. The number of nitrogens with two attached hydrogens (primary N) is 1. The molecule has 2 aromatic rings. The fourth-order valence-electron chi connectivity index (χ4n) is 1.39. The van der Waals surface area contributed by atoms with Crippen molar-refractivity contribution in [3.63, 3.8) is 0 Å². The molecule has 1 amide bonds. The molecule has 3 N–H and O–H groups in total. The molecule has 0 bridgehead atoms. The van der Waals surface area contributed by atoms with Crippen LogP contribution in [0, 0.1) is 11.6 Å². The Morgan fingerprint density at radius 2 is 2.00 bits per heavy atom. The number of pyridine rings is 1. The molecule has 2 rings (SSSR count). The summed E-state index contributed by atoms with van der Waals surface area (Å²) in [5, 5.41) is 2.40. The number of hydrogen-bond acceptors (Lipinski definition) is 3. The molecule has 20 heavy (non-hydrogen) atoms. The molecular weight excluding hydrogens is 356 g/mol. The van der Waals surface area contributed by atoms with Crippen LogP contribution in [0.25, 0.3) is 0 Å². The summed E-state index contributed by atoms with van der Waals surface area (Å²) in [7, 11) is 0. The van der Waals surface area contributed by atoms with E-state index in [0.29, 0.717) is 6.07 Å². The van der Waals surface area contributed by atoms with E-state index in [1.165, 1.54) is 12.3 Å². The molecule has 1 aromatic heterocycles. The summed E-state index contributed by atoms with van der Waals surface area (Å²) >= 11 is 8.64. The zero-order chi connectivity index (χ0) is 14.9. The van der Waals surface area contributed by atoms with Crippen molar-refractivity contribution in [2.45, 2.75) is 0 Å². The minimum Gasteiger partial charge on any atom is -0.382 e. The molecule has 0 saturated heterocycles. The number of halogens is 4. The number of amides is 1. The number of carbonyl (C=O) groups is 1. The summed E-state index contributed by atoms with van der Waals surface area (Å²) in [6.07, 6.45) is 1.20. The van der Waals surface area contributed by atoms with Gasteiger partial charge in [-0.05, 0) is 28.1 Å². The molecule has 4 nitrogen and oxygen atoms in total. The molecule has 0 aliphatic rings. The molecule has 0 aliphatic carbocycles. The van der Waals surface area contributed by atoms with E-state index in [9.17, 15) is 13.6 Å². The van der Waals surface area contributed by atoms with Crippen LogP contribution in [0.4, 0.5) is 20.3 Å². The Bertz CT molecular complexity index is 697. The lowest BCUT2D eigenvalue weighted by atomic mass is 10.2. The van der Waals surface area contributed by atoms with Crippen molar-refractivity contribution in [1.82, 2.24) is 4.98 Å². The van der Waals surface area contributed by atoms with Crippen LogP contribution >= 0.6 is 27.5 Å². The zero-order valence-electron chi connectivity index (χ0n) is 9.75. The van der Waals surface area contributed by atoms with Crippen molar-refractivity contribution in [1.29, 1.82) is 0 Å². The summed E-state index contributed by atoms with van der Waals surface area (Å²) in [6.45, 7) is 0. The highest BCUT2D eigenvalue weighted by molar-refractivity contribution is 9.10.